The monoisotopic (exact) mass is 334 g/mol. The van der Waals surface area contributed by atoms with Crippen LogP contribution in [0.2, 0.25) is 0 Å². The summed E-state index contributed by atoms with van der Waals surface area (Å²) in [7, 11) is 1.60. The van der Waals surface area contributed by atoms with Crippen molar-refractivity contribution in [3.8, 4) is 5.75 Å². The zero-order valence-corrected chi connectivity index (χ0v) is 13.3. The number of methoxy groups -OCH3 is 1. The molecule has 4 aromatic rings. The number of benzene rings is 1. The molecule has 3 N–H and O–H groups in total. The van der Waals surface area contributed by atoms with Gasteiger partial charge < -0.3 is 20.1 Å². The summed E-state index contributed by atoms with van der Waals surface area (Å²) >= 11 is 0. The van der Waals surface area contributed by atoms with Crippen LogP contribution in [-0.2, 0) is 0 Å². The largest absolute Gasteiger partial charge is 0.497 e. The number of hydrogen-bond acceptors (Lipinski definition) is 5. The van der Waals surface area contributed by atoms with Gasteiger partial charge in [0.2, 0.25) is 0 Å². The number of pyridine rings is 2. The minimum atomic E-state index is -1.02. The average Bonchev–Trinajstić information content (AvgIpc) is 3.08. The van der Waals surface area contributed by atoms with Crippen LogP contribution >= 0.6 is 0 Å². The molecule has 7 heteroatoms. The first-order chi connectivity index (χ1) is 12.2. The fourth-order valence-electron chi connectivity index (χ4n) is 2.78. The average molecular weight is 334 g/mol. The number of carboxylic acid groups (broad SMARTS) is 1. The van der Waals surface area contributed by atoms with Gasteiger partial charge in [0.1, 0.15) is 11.4 Å². The van der Waals surface area contributed by atoms with Crippen molar-refractivity contribution in [2.24, 2.45) is 0 Å². The summed E-state index contributed by atoms with van der Waals surface area (Å²) in [6.07, 6.45) is 3.31. The molecule has 0 fully saturated rings. The van der Waals surface area contributed by atoms with Gasteiger partial charge in [-0.2, -0.15) is 0 Å². The summed E-state index contributed by atoms with van der Waals surface area (Å²) in [5.74, 6) is 0.211. The van der Waals surface area contributed by atoms with E-state index in [9.17, 15) is 9.90 Å². The second-order valence-electron chi connectivity index (χ2n) is 5.49. The maximum absolute atomic E-state index is 11.4. The predicted octanol–water partition coefficient (Wildman–Crippen LogP) is 3.56. The smallest absolute Gasteiger partial charge is 0.352 e. The molecule has 3 aromatic heterocycles. The lowest BCUT2D eigenvalue weighted by molar-refractivity contribution is 0.0691. The van der Waals surface area contributed by atoms with Gasteiger partial charge in [-0.1, -0.05) is 6.07 Å². The summed E-state index contributed by atoms with van der Waals surface area (Å²) in [5, 5.41) is 14.1. The van der Waals surface area contributed by atoms with Crippen molar-refractivity contribution in [1.82, 2.24) is 15.0 Å². The SMILES string of the molecule is COc1cccc(Nc2nc3cnccc3c3cc(C(=O)O)[nH]c23)c1. The molecule has 0 bridgehead atoms. The quantitative estimate of drug-likeness (QED) is 0.527. The maximum atomic E-state index is 11.4. The summed E-state index contributed by atoms with van der Waals surface area (Å²) in [6.45, 7) is 0. The standard InChI is InChI=1S/C18H14N4O3/c1-25-11-4-2-3-10(7-11)20-17-16-13(8-14(21-16)18(23)24)12-5-6-19-9-15(12)22-17/h2-9,21H,1H3,(H,20,22)(H,23,24). The Morgan fingerprint density at radius 1 is 1.24 bits per heavy atom. The van der Waals surface area contributed by atoms with Gasteiger partial charge in [-0.05, 0) is 24.3 Å². The minimum absolute atomic E-state index is 0.106. The highest BCUT2D eigenvalue weighted by Gasteiger charge is 2.15. The van der Waals surface area contributed by atoms with E-state index in [1.165, 1.54) is 0 Å². The number of rotatable bonds is 4. The Balaban J connectivity index is 1.92. The minimum Gasteiger partial charge on any atom is -0.497 e. The van der Waals surface area contributed by atoms with Crippen molar-refractivity contribution >= 4 is 39.3 Å². The first kappa shape index (κ1) is 14.9. The zero-order valence-electron chi connectivity index (χ0n) is 13.3. The second kappa shape index (κ2) is 5.79. The molecule has 0 atom stereocenters. The number of anilines is 2. The molecule has 0 unspecified atom stereocenters. The number of ether oxygens (including phenoxy) is 1. The Morgan fingerprint density at radius 2 is 2.12 bits per heavy atom. The lowest BCUT2D eigenvalue weighted by atomic mass is 10.1. The van der Waals surface area contributed by atoms with E-state index in [1.807, 2.05) is 30.3 Å². The van der Waals surface area contributed by atoms with Gasteiger partial charge >= 0.3 is 5.97 Å². The fraction of sp³-hybridized carbons (Fsp3) is 0.0556. The van der Waals surface area contributed by atoms with Crippen molar-refractivity contribution in [1.29, 1.82) is 0 Å². The molecule has 0 amide bonds. The molecule has 124 valence electrons. The topological polar surface area (TPSA) is 100 Å². The van der Waals surface area contributed by atoms with Gasteiger partial charge in [0.15, 0.2) is 5.82 Å². The Morgan fingerprint density at radius 3 is 2.92 bits per heavy atom. The lowest BCUT2D eigenvalue weighted by Crippen LogP contribution is -1.98. The Labute approximate surface area is 142 Å². The number of H-pyrrole nitrogens is 1. The van der Waals surface area contributed by atoms with Crippen LogP contribution < -0.4 is 10.1 Å². The number of fused-ring (bicyclic) bond motifs is 3. The van der Waals surface area contributed by atoms with Crippen molar-refractivity contribution < 1.29 is 14.6 Å². The van der Waals surface area contributed by atoms with E-state index in [0.717, 1.165) is 16.5 Å². The highest BCUT2D eigenvalue weighted by molar-refractivity contribution is 6.11. The van der Waals surface area contributed by atoms with Gasteiger partial charge in [-0.15, -0.1) is 0 Å². The van der Waals surface area contributed by atoms with Crippen molar-refractivity contribution in [2.75, 3.05) is 12.4 Å². The van der Waals surface area contributed by atoms with E-state index in [2.05, 4.69) is 20.3 Å². The van der Waals surface area contributed by atoms with E-state index in [-0.39, 0.29) is 5.69 Å². The fourth-order valence-corrected chi connectivity index (χ4v) is 2.78. The first-order valence-corrected chi connectivity index (χ1v) is 7.56. The first-order valence-electron chi connectivity index (χ1n) is 7.56. The van der Waals surface area contributed by atoms with Crippen molar-refractivity contribution in [3.05, 3.63) is 54.5 Å². The number of hydrogen-bond donors (Lipinski definition) is 3. The summed E-state index contributed by atoms with van der Waals surface area (Å²) in [6, 6.07) is 10.8. The maximum Gasteiger partial charge on any atom is 0.352 e. The highest BCUT2D eigenvalue weighted by atomic mass is 16.5. The molecular formula is C18H14N4O3. The van der Waals surface area contributed by atoms with E-state index in [0.29, 0.717) is 22.6 Å². The van der Waals surface area contributed by atoms with Crippen LogP contribution in [0.1, 0.15) is 10.5 Å². The third kappa shape index (κ3) is 2.61. The Bertz CT molecular complexity index is 1100. The summed E-state index contributed by atoms with van der Waals surface area (Å²) in [4.78, 5) is 23.0. The van der Waals surface area contributed by atoms with Crippen LogP contribution in [0, 0.1) is 0 Å². The number of nitrogens with zero attached hydrogens (tertiary/aromatic N) is 2. The van der Waals surface area contributed by atoms with Crippen LogP contribution in [-0.4, -0.2) is 33.1 Å². The molecule has 0 radical (unpaired) electrons. The molecule has 25 heavy (non-hydrogen) atoms. The van der Waals surface area contributed by atoms with Crippen molar-refractivity contribution in [3.63, 3.8) is 0 Å². The molecule has 0 saturated carbocycles. The lowest BCUT2D eigenvalue weighted by Gasteiger charge is -2.10. The zero-order chi connectivity index (χ0) is 17.4. The van der Waals surface area contributed by atoms with Gasteiger partial charge in [-0.3, -0.25) is 4.98 Å². The predicted molar refractivity (Wildman–Crippen MR) is 94.6 cm³/mol. The Hall–Kier alpha value is -3.61. The van der Waals surface area contributed by atoms with Gasteiger partial charge in [0.05, 0.1) is 24.3 Å². The molecule has 3 heterocycles. The van der Waals surface area contributed by atoms with Crippen LogP contribution in [0.3, 0.4) is 0 Å². The molecule has 0 spiro atoms. The van der Waals surface area contributed by atoms with Crippen LogP contribution in [0.5, 0.6) is 5.75 Å². The van der Waals surface area contributed by atoms with Crippen LogP contribution in [0.15, 0.2) is 48.8 Å². The van der Waals surface area contributed by atoms with Gasteiger partial charge in [0.25, 0.3) is 0 Å². The number of aromatic carboxylic acids is 1. The van der Waals surface area contributed by atoms with E-state index in [4.69, 9.17) is 4.74 Å². The second-order valence-corrected chi connectivity index (χ2v) is 5.49. The van der Waals surface area contributed by atoms with Crippen molar-refractivity contribution in [2.45, 2.75) is 0 Å². The molecule has 4 rings (SSSR count). The van der Waals surface area contributed by atoms with Gasteiger partial charge in [0, 0.05) is 28.7 Å². The molecule has 7 nitrogen and oxygen atoms in total. The molecule has 0 aliphatic rings. The number of carboxylic acids is 1. The van der Waals surface area contributed by atoms with E-state index in [1.54, 1.807) is 25.6 Å². The number of aromatic amines is 1. The van der Waals surface area contributed by atoms with Crippen LogP contribution in [0.25, 0.3) is 21.8 Å². The number of nitrogens with one attached hydrogen (secondary N) is 2. The third-order valence-corrected chi connectivity index (χ3v) is 3.94. The Kier molecular flexibility index (Phi) is 3.46. The van der Waals surface area contributed by atoms with E-state index >= 15 is 0 Å². The number of carbonyl (C=O) groups is 1. The van der Waals surface area contributed by atoms with E-state index < -0.39 is 5.97 Å². The molecule has 1 aromatic carbocycles. The normalized spacial score (nSPS) is 10.9. The highest BCUT2D eigenvalue weighted by Crippen LogP contribution is 2.31. The third-order valence-electron chi connectivity index (χ3n) is 3.94. The van der Waals surface area contributed by atoms with Gasteiger partial charge in [-0.25, -0.2) is 9.78 Å². The summed E-state index contributed by atoms with van der Waals surface area (Å²) in [5.41, 5.74) is 2.19. The number of aromatic nitrogens is 3. The molecule has 0 saturated heterocycles. The molecular weight excluding hydrogens is 320 g/mol. The summed E-state index contributed by atoms with van der Waals surface area (Å²) < 4.78 is 5.23. The molecule has 0 aliphatic carbocycles. The molecule has 0 aliphatic heterocycles. The van der Waals surface area contributed by atoms with Crippen LogP contribution in [0.4, 0.5) is 11.5 Å².